The lowest BCUT2D eigenvalue weighted by Gasteiger charge is -2.18. The second kappa shape index (κ2) is 5.91. The molecule has 3 atom stereocenters. The van der Waals surface area contributed by atoms with Crippen LogP contribution in [0.3, 0.4) is 0 Å². The van der Waals surface area contributed by atoms with E-state index in [9.17, 15) is 8.42 Å². The summed E-state index contributed by atoms with van der Waals surface area (Å²) in [6.45, 7) is 1.07. The Hall–Kier alpha value is -1.83. The fraction of sp³-hybridized carbons (Fsp3) is 0.412. The number of hydrogen-bond donors (Lipinski definition) is 1. The van der Waals surface area contributed by atoms with E-state index in [4.69, 9.17) is 5.73 Å². The van der Waals surface area contributed by atoms with Gasteiger partial charge in [0, 0.05) is 24.7 Å². The van der Waals surface area contributed by atoms with E-state index in [1.165, 1.54) is 12.4 Å². The van der Waals surface area contributed by atoms with Gasteiger partial charge < -0.3 is 5.73 Å². The lowest BCUT2D eigenvalue weighted by atomic mass is 9.98. The fourth-order valence-electron chi connectivity index (χ4n) is 3.80. The number of nitrogens with zero attached hydrogens (tertiary/aromatic N) is 3. The van der Waals surface area contributed by atoms with Crippen molar-refractivity contribution in [1.29, 1.82) is 0 Å². The number of rotatable bonds is 3. The minimum atomic E-state index is -3.55. The molecule has 1 saturated heterocycles. The summed E-state index contributed by atoms with van der Waals surface area (Å²) in [6, 6.07) is 9.62. The summed E-state index contributed by atoms with van der Waals surface area (Å²) in [7, 11) is -3.55. The number of sulfonamides is 1. The molecule has 2 heterocycles. The molecule has 1 aromatic carbocycles. The van der Waals surface area contributed by atoms with E-state index in [-0.39, 0.29) is 16.9 Å². The Morgan fingerprint density at radius 2 is 1.75 bits per heavy atom. The second-order valence-electron chi connectivity index (χ2n) is 6.60. The lowest BCUT2D eigenvalue weighted by molar-refractivity contribution is 0.427. The summed E-state index contributed by atoms with van der Waals surface area (Å²) < 4.78 is 27.2. The molecule has 1 aliphatic heterocycles. The van der Waals surface area contributed by atoms with Crippen molar-refractivity contribution >= 4 is 10.0 Å². The molecular formula is C17H20N4O2S. The van der Waals surface area contributed by atoms with Gasteiger partial charge in [0.2, 0.25) is 10.0 Å². The molecule has 2 aliphatic rings. The Morgan fingerprint density at radius 3 is 2.42 bits per heavy atom. The predicted molar refractivity (Wildman–Crippen MR) is 90.4 cm³/mol. The number of fused-ring (bicyclic) bond motifs is 1. The van der Waals surface area contributed by atoms with Crippen LogP contribution in [0, 0.1) is 11.8 Å². The molecule has 3 unspecified atom stereocenters. The summed E-state index contributed by atoms with van der Waals surface area (Å²) in [5.41, 5.74) is 6.97. The van der Waals surface area contributed by atoms with Crippen LogP contribution in [0.1, 0.15) is 12.8 Å². The van der Waals surface area contributed by atoms with Gasteiger partial charge in [-0.25, -0.2) is 18.4 Å². The monoisotopic (exact) mass is 344 g/mol. The van der Waals surface area contributed by atoms with Crippen molar-refractivity contribution in [3.8, 4) is 11.4 Å². The highest BCUT2D eigenvalue weighted by molar-refractivity contribution is 7.89. The first-order chi connectivity index (χ1) is 11.6. The van der Waals surface area contributed by atoms with Crippen LogP contribution >= 0.6 is 0 Å². The number of nitrogens with two attached hydrogens (primary N) is 1. The highest BCUT2D eigenvalue weighted by atomic mass is 32.2. The van der Waals surface area contributed by atoms with E-state index in [0.29, 0.717) is 24.8 Å². The first kappa shape index (κ1) is 15.7. The molecule has 24 heavy (non-hydrogen) atoms. The molecule has 4 rings (SSSR count). The van der Waals surface area contributed by atoms with Gasteiger partial charge in [-0.3, -0.25) is 0 Å². The first-order valence-corrected chi connectivity index (χ1v) is 9.63. The van der Waals surface area contributed by atoms with E-state index < -0.39 is 10.0 Å². The summed E-state index contributed by atoms with van der Waals surface area (Å²) in [4.78, 5) is 8.61. The first-order valence-electron chi connectivity index (χ1n) is 8.19. The molecular weight excluding hydrogens is 324 g/mol. The maximum absolute atomic E-state index is 12.8. The summed E-state index contributed by atoms with van der Waals surface area (Å²) >= 11 is 0. The Kier molecular flexibility index (Phi) is 3.86. The molecule has 0 amide bonds. The Balaban J connectivity index is 1.57. The molecule has 0 spiro atoms. The zero-order chi connectivity index (χ0) is 16.7. The molecule has 126 valence electrons. The van der Waals surface area contributed by atoms with Gasteiger partial charge in [0.15, 0.2) is 5.82 Å². The third-order valence-corrected chi connectivity index (χ3v) is 6.96. The largest absolute Gasteiger partial charge is 0.327 e. The molecule has 1 aliphatic carbocycles. The van der Waals surface area contributed by atoms with Crippen LogP contribution in [0.25, 0.3) is 11.4 Å². The Bertz CT molecular complexity index is 823. The van der Waals surface area contributed by atoms with Gasteiger partial charge in [-0.2, -0.15) is 4.31 Å². The zero-order valence-electron chi connectivity index (χ0n) is 13.2. The SMILES string of the molecule is NC1CCC2CN(S(=O)(=O)c3cnc(-c4ccccc4)nc3)CC12. The second-order valence-corrected chi connectivity index (χ2v) is 8.53. The average molecular weight is 344 g/mol. The van der Waals surface area contributed by atoms with E-state index in [0.717, 1.165) is 18.4 Å². The third-order valence-electron chi connectivity index (χ3n) is 5.18. The van der Waals surface area contributed by atoms with Gasteiger partial charge in [0.25, 0.3) is 0 Å². The van der Waals surface area contributed by atoms with Crippen molar-refractivity contribution in [1.82, 2.24) is 14.3 Å². The summed E-state index contributed by atoms with van der Waals surface area (Å²) in [6.07, 6.45) is 4.82. The van der Waals surface area contributed by atoms with Crippen LogP contribution in [0.5, 0.6) is 0 Å². The molecule has 7 heteroatoms. The zero-order valence-corrected chi connectivity index (χ0v) is 14.1. The topological polar surface area (TPSA) is 89.2 Å². The van der Waals surface area contributed by atoms with Gasteiger partial charge in [0.1, 0.15) is 4.90 Å². The normalized spacial score (nSPS) is 27.3. The van der Waals surface area contributed by atoms with Crippen molar-refractivity contribution < 1.29 is 8.42 Å². The number of hydrogen-bond acceptors (Lipinski definition) is 5. The minimum Gasteiger partial charge on any atom is -0.327 e. The van der Waals surface area contributed by atoms with Gasteiger partial charge >= 0.3 is 0 Å². The third kappa shape index (κ3) is 2.62. The highest BCUT2D eigenvalue weighted by Crippen LogP contribution is 2.39. The highest BCUT2D eigenvalue weighted by Gasteiger charge is 2.45. The molecule has 0 radical (unpaired) electrons. The average Bonchev–Trinajstić information content (AvgIpc) is 3.19. The van der Waals surface area contributed by atoms with Crippen molar-refractivity contribution in [2.24, 2.45) is 17.6 Å². The molecule has 1 saturated carbocycles. The van der Waals surface area contributed by atoms with Crippen LogP contribution < -0.4 is 5.73 Å². The molecule has 1 aromatic heterocycles. The van der Waals surface area contributed by atoms with Crippen molar-refractivity contribution in [3.05, 3.63) is 42.7 Å². The van der Waals surface area contributed by atoms with Crippen LogP contribution in [0.4, 0.5) is 0 Å². The maximum Gasteiger partial charge on any atom is 0.246 e. The molecule has 2 fully saturated rings. The van der Waals surface area contributed by atoms with Crippen LogP contribution in [0.2, 0.25) is 0 Å². The molecule has 2 aromatic rings. The smallest absolute Gasteiger partial charge is 0.246 e. The van der Waals surface area contributed by atoms with Crippen molar-refractivity contribution in [2.75, 3.05) is 13.1 Å². The predicted octanol–water partition coefficient (Wildman–Crippen LogP) is 1.50. The fourth-order valence-corrected chi connectivity index (χ4v) is 5.22. The van der Waals surface area contributed by atoms with E-state index >= 15 is 0 Å². The van der Waals surface area contributed by atoms with E-state index in [2.05, 4.69) is 9.97 Å². The van der Waals surface area contributed by atoms with E-state index in [1.54, 1.807) is 4.31 Å². The van der Waals surface area contributed by atoms with Crippen LogP contribution in [-0.2, 0) is 10.0 Å². The van der Waals surface area contributed by atoms with Crippen molar-refractivity contribution in [3.63, 3.8) is 0 Å². The number of benzene rings is 1. The Morgan fingerprint density at radius 1 is 1.04 bits per heavy atom. The maximum atomic E-state index is 12.8. The minimum absolute atomic E-state index is 0.118. The number of aromatic nitrogens is 2. The lowest BCUT2D eigenvalue weighted by Crippen LogP contribution is -2.33. The molecule has 6 nitrogen and oxygen atoms in total. The van der Waals surface area contributed by atoms with Gasteiger partial charge in [0.05, 0.1) is 12.4 Å². The standard InChI is InChI=1S/C17H20N4O2S/c18-16-7-6-13-10-21(11-15(13)16)24(22,23)14-8-19-17(20-9-14)12-4-2-1-3-5-12/h1-5,8-9,13,15-16H,6-7,10-11,18H2. The Labute approximate surface area is 141 Å². The molecule has 2 N–H and O–H groups in total. The van der Waals surface area contributed by atoms with Crippen LogP contribution in [-0.4, -0.2) is 41.8 Å². The summed E-state index contributed by atoms with van der Waals surface area (Å²) in [5, 5.41) is 0. The molecule has 0 bridgehead atoms. The van der Waals surface area contributed by atoms with Gasteiger partial charge in [-0.1, -0.05) is 30.3 Å². The quantitative estimate of drug-likeness (QED) is 0.911. The van der Waals surface area contributed by atoms with Crippen molar-refractivity contribution in [2.45, 2.75) is 23.8 Å². The van der Waals surface area contributed by atoms with Gasteiger partial charge in [-0.05, 0) is 24.7 Å². The summed E-state index contributed by atoms with van der Waals surface area (Å²) in [5.74, 6) is 1.19. The van der Waals surface area contributed by atoms with Crippen LogP contribution in [0.15, 0.2) is 47.6 Å². The van der Waals surface area contributed by atoms with E-state index in [1.807, 2.05) is 30.3 Å². The van der Waals surface area contributed by atoms with Gasteiger partial charge in [-0.15, -0.1) is 0 Å².